The highest BCUT2D eigenvalue weighted by Gasteiger charge is 2.43. The number of aliphatic hydroxyl groups is 1. The van der Waals surface area contributed by atoms with Crippen LogP contribution in [0, 0.1) is 17.6 Å². The van der Waals surface area contributed by atoms with E-state index in [1.807, 2.05) is 13.0 Å². The Bertz CT molecular complexity index is 1510. The van der Waals surface area contributed by atoms with Gasteiger partial charge in [-0.15, -0.1) is 0 Å². The monoisotopic (exact) mass is 537 g/mol. The van der Waals surface area contributed by atoms with Crippen LogP contribution in [0.1, 0.15) is 55.1 Å². The maximum Gasteiger partial charge on any atom is 0.182 e. The Morgan fingerprint density at radius 1 is 1.13 bits per heavy atom. The summed E-state index contributed by atoms with van der Waals surface area (Å²) in [6.07, 6.45) is 6.99. The number of nitrogens with two attached hydrogens (primary N) is 1. The Hall–Kier alpha value is -3.34. The molecule has 4 atom stereocenters. The molecule has 0 radical (unpaired) electrons. The minimum absolute atomic E-state index is 0.0176. The molecule has 1 saturated carbocycles. The van der Waals surface area contributed by atoms with Gasteiger partial charge in [0, 0.05) is 24.9 Å². The molecule has 1 aromatic carbocycles. The second kappa shape index (κ2) is 9.39. The van der Waals surface area contributed by atoms with Crippen molar-refractivity contribution < 1.29 is 23.0 Å². The molecular formula is C29H30F3N5O2. The quantitative estimate of drug-likeness (QED) is 0.391. The Morgan fingerprint density at radius 3 is 2.54 bits per heavy atom. The number of ether oxygens (including phenoxy) is 1. The Balaban J connectivity index is 1.33. The van der Waals surface area contributed by atoms with E-state index in [1.165, 1.54) is 6.07 Å². The van der Waals surface area contributed by atoms with E-state index in [4.69, 9.17) is 10.5 Å². The first kappa shape index (κ1) is 25.9. The van der Waals surface area contributed by atoms with Gasteiger partial charge in [-0.2, -0.15) is 5.10 Å². The van der Waals surface area contributed by atoms with Crippen LogP contribution in [-0.2, 0) is 16.8 Å². The van der Waals surface area contributed by atoms with Gasteiger partial charge in [0.1, 0.15) is 17.5 Å². The first-order valence-electron chi connectivity index (χ1n) is 13.1. The number of pyridine rings is 1. The van der Waals surface area contributed by atoms with E-state index in [0.717, 1.165) is 29.7 Å². The summed E-state index contributed by atoms with van der Waals surface area (Å²) in [7, 11) is 0. The highest BCUT2D eigenvalue weighted by Crippen LogP contribution is 2.42. The highest BCUT2D eigenvalue weighted by atomic mass is 19.1. The lowest BCUT2D eigenvalue weighted by Crippen LogP contribution is -2.54. The van der Waals surface area contributed by atoms with Gasteiger partial charge < -0.3 is 15.6 Å². The Morgan fingerprint density at radius 2 is 1.87 bits per heavy atom. The largest absolute Gasteiger partial charge is 0.388 e. The minimum atomic E-state index is -1.88. The van der Waals surface area contributed by atoms with Crippen LogP contribution in [0.2, 0.25) is 0 Å². The molecule has 0 unspecified atom stereocenters. The predicted octanol–water partition coefficient (Wildman–Crippen LogP) is 4.45. The van der Waals surface area contributed by atoms with Gasteiger partial charge in [-0.1, -0.05) is 6.92 Å². The van der Waals surface area contributed by atoms with Crippen molar-refractivity contribution in [2.24, 2.45) is 11.7 Å². The summed E-state index contributed by atoms with van der Waals surface area (Å²) in [6, 6.07) is 6.85. The van der Waals surface area contributed by atoms with Crippen LogP contribution < -0.4 is 5.73 Å². The molecule has 7 nitrogen and oxygen atoms in total. The Kier molecular flexibility index (Phi) is 6.24. The number of benzene rings is 1. The first-order chi connectivity index (χ1) is 18.6. The van der Waals surface area contributed by atoms with Crippen molar-refractivity contribution in [3.05, 3.63) is 83.1 Å². The maximum absolute atomic E-state index is 15.1. The number of alkyl halides is 1. The number of rotatable bonds is 5. The third-order valence-corrected chi connectivity index (χ3v) is 8.59. The van der Waals surface area contributed by atoms with Crippen molar-refractivity contribution in [3.63, 3.8) is 0 Å². The summed E-state index contributed by atoms with van der Waals surface area (Å²) in [5.74, 6) is -1.05. The van der Waals surface area contributed by atoms with Crippen LogP contribution in [0.25, 0.3) is 16.8 Å². The van der Waals surface area contributed by atoms with Gasteiger partial charge >= 0.3 is 0 Å². The summed E-state index contributed by atoms with van der Waals surface area (Å²) < 4.78 is 51.3. The van der Waals surface area contributed by atoms with Gasteiger partial charge in [0.2, 0.25) is 0 Å². The molecule has 4 aromatic rings. The molecular weight excluding hydrogens is 507 g/mol. The van der Waals surface area contributed by atoms with E-state index < -0.39 is 22.9 Å². The van der Waals surface area contributed by atoms with Crippen molar-refractivity contribution in [2.45, 2.75) is 56.3 Å². The number of aromatic nitrogens is 4. The SMILES string of the molecule is C[C@H]1C[C@@H](c2ccncc2Cc2ncc3ccc(-c4c(F)cc(C5(F)COC5)cc4F)nn23)C[C@@H](N)[C@]1(C)O. The summed E-state index contributed by atoms with van der Waals surface area (Å²) in [6.45, 7) is 3.35. The fourth-order valence-corrected chi connectivity index (χ4v) is 5.79. The van der Waals surface area contributed by atoms with Crippen LogP contribution in [0.5, 0.6) is 0 Å². The number of hydrogen-bond acceptors (Lipinski definition) is 6. The van der Waals surface area contributed by atoms with Crippen molar-refractivity contribution in [2.75, 3.05) is 13.2 Å². The lowest BCUT2D eigenvalue weighted by atomic mass is 9.67. The minimum Gasteiger partial charge on any atom is -0.388 e. The van der Waals surface area contributed by atoms with Crippen LogP contribution in [0.15, 0.2) is 48.9 Å². The van der Waals surface area contributed by atoms with E-state index in [1.54, 1.807) is 36.1 Å². The zero-order valence-corrected chi connectivity index (χ0v) is 21.7. The third-order valence-electron chi connectivity index (χ3n) is 8.59. The number of fused-ring (bicyclic) bond motifs is 1. The standard InChI is InChI=1S/C29H30F3N5O2/c1-16-7-17(8-25(33)28(16,2)38)21-5-6-34-12-18(21)9-26-35-13-20-3-4-24(36-37(20)26)27-22(30)10-19(11-23(27)31)29(32)14-39-15-29/h3-6,10-13,16-17,25,38H,7-9,14-15,33H2,1-2H3/t16-,17+,25+,28+/m0/s1. The van der Waals surface area contributed by atoms with Crippen LogP contribution in [0.3, 0.4) is 0 Å². The molecule has 0 bridgehead atoms. The molecule has 2 fully saturated rings. The highest BCUT2D eigenvalue weighted by molar-refractivity contribution is 5.63. The van der Waals surface area contributed by atoms with Crippen molar-refractivity contribution >= 4 is 5.52 Å². The lowest BCUT2D eigenvalue weighted by molar-refractivity contribution is -0.135. The molecule has 1 aliphatic carbocycles. The van der Waals surface area contributed by atoms with E-state index >= 15 is 8.78 Å². The molecule has 0 amide bonds. The summed E-state index contributed by atoms with van der Waals surface area (Å²) >= 11 is 0. The average molecular weight is 538 g/mol. The number of nitrogens with zero attached hydrogens (tertiary/aromatic N) is 4. The number of imidazole rings is 1. The van der Waals surface area contributed by atoms with Gasteiger partial charge in [-0.3, -0.25) is 4.98 Å². The van der Waals surface area contributed by atoms with E-state index in [2.05, 4.69) is 15.1 Å². The molecule has 1 aliphatic heterocycles. The topological polar surface area (TPSA) is 98.6 Å². The van der Waals surface area contributed by atoms with E-state index in [9.17, 15) is 9.50 Å². The van der Waals surface area contributed by atoms with Gasteiger partial charge in [-0.05, 0) is 78.6 Å². The van der Waals surface area contributed by atoms with Crippen LogP contribution >= 0.6 is 0 Å². The molecule has 39 heavy (non-hydrogen) atoms. The molecule has 1 saturated heterocycles. The third kappa shape index (κ3) is 4.40. The summed E-state index contributed by atoms with van der Waals surface area (Å²) in [5.41, 5.74) is 5.89. The molecule has 3 N–H and O–H groups in total. The predicted molar refractivity (Wildman–Crippen MR) is 139 cm³/mol. The van der Waals surface area contributed by atoms with Gasteiger partial charge in [0.25, 0.3) is 0 Å². The smallest absolute Gasteiger partial charge is 0.182 e. The molecule has 0 spiro atoms. The van der Waals surface area contributed by atoms with E-state index in [-0.39, 0.29) is 47.9 Å². The fraction of sp³-hybridized carbons (Fsp3) is 0.414. The molecule has 6 rings (SSSR count). The van der Waals surface area contributed by atoms with Gasteiger partial charge in [0.15, 0.2) is 5.67 Å². The Labute approximate surface area is 223 Å². The second-order valence-corrected chi connectivity index (χ2v) is 11.2. The van der Waals surface area contributed by atoms with Gasteiger partial charge in [-0.25, -0.2) is 22.7 Å². The summed E-state index contributed by atoms with van der Waals surface area (Å²) in [5, 5.41) is 15.3. The average Bonchev–Trinajstić information content (AvgIpc) is 3.27. The second-order valence-electron chi connectivity index (χ2n) is 11.2. The van der Waals surface area contributed by atoms with Crippen LogP contribution in [0.4, 0.5) is 13.2 Å². The van der Waals surface area contributed by atoms with Gasteiger partial charge in [0.05, 0.1) is 41.8 Å². The van der Waals surface area contributed by atoms with E-state index in [0.29, 0.717) is 24.2 Å². The van der Waals surface area contributed by atoms with Crippen molar-refractivity contribution in [1.82, 2.24) is 19.6 Å². The molecule has 204 valence electrons. The fourth-order valence-electron chi connectivity index (χ4n) is 5.79. The number of halogens is 3. The maximum atomic E-state index is 15.1. The molecule has 4 heterocycles. The van der Waals surface area contributed by atoms with Crippen molar-refractivity contribution in [3.8, 4) is 11.3 Å². The first-order valence-corrected chi connectivity index (χ1v) is 13.1. The number of hydrogen-bond donors (Lipinski definition) is 2. The normalized spacial score (nSPS) is 26.5. The zero-order valence-electron chi connectivity index (χ0n) is 21.7. The van der Waals surface area contributed by atoms with Crippen molar-refractivity contribution in [1.29, 1.82) is 0 Å². The van der Waals surface area contributed by atoms with Crippen LogP contribution in [-0.4, -0.2) is 49.5 Å². The molecule has 10 heteroatoms. The molecule has 2 aliphatic rings. The zero-order chi connectivity index (χ0) is 27.5. The summed E-state index contributed by atoms with van der Waals surface area (Å²) in [4.78, 5) is 8.85. The lowest BCUT2D eigenvalue weighted by Gasteiger charge is -2.44. The molecule has 3 aromatic heterocycles.